The third-order valence-electron chi connectivity index (χ3n) is 3.37. The molecule has 0 saturated carbocycles. The topological polar surface area (TPSA) is 76.7 Å². The molecule has 2 aromatic rings. The second-order valence-corrected chi connectivity index (χ2v) is 5.12. The summed E-state index contributed by atoms with van der Waals surface area (Å²) in [6, 6.07) is 12.6. The van der Waals surface area contributed by atoms with E-state index in [1.54, 1.807) is 30.3 Å². The molecule has 0 bridgehead atoms. The van der Waals surface area contributed by atoms with Gasteiger partial charge in [-0.1, -0.05) is 18.2 Å². The number of carbonyl (C=O) groups is 2. The summed E-state index contributed by atoms with van der Waals surface area (Å²) in [5.74, 6) is -0.873. The smallest absolute Gasteiger partial charge is 0.387 e. The Kier molecular flexibility index (Phi) is 6.90. The Labute approximate surface area is 149 Å². The molecule has 6 nitrogen and oxygen atoms in total. The maximum atomic E-state index is 12.4. The minimum Gasteiger partial charge on any atom is -0.493 e. The molecule has 0 radical (unpaired) electrons. The van der Waals surface area contributed by atoms with Crippen LogP contribution in [0.1, 0.15) is 20.7 Å². The van der Waals surface area contributed by atoms with Crippen molar-refractivity contribution >= 4 is 11.8 Å². The van der Waals surface area contributed by atoms with Crippen LogP contribution < -0.4 is 20.1 Å². The average Bonchev–Trinajstić information content (AvgIpc) is 2.65. The van der Waals surface area contributed by atoms with Crippen molar-refractivity contribution in [3.05, 3.63) is 59.7 Å². The van der Waals surface area contributed by atoms with Gasteiger partial charge in [0.2, 0.25) is 0 Å². The fourth-order valence-electron chi connectivity index (χ4n) is 2.15. The lowest BCUT2D eigenvalue weighted by molar-refractivity contribution is -0.0512. The number of rotatable bonds is 8. The molecule has 0 aromatic heterocycles. The molecule has 8 heteroatoms. The lowest BCUT2D eigenvalue weighted by Crippen LogP contribution is -2.34. The number of nitrogens with one attached hydrogen (secondary N) is 2. The fourth-order valence-corrected chi connectivity index (χ4v) is 2.15. The van der Waals surface area contributed by atoms with Gasteiger partial charge in [0.15, 0.2) is 11.5 Å². The standard InChI is InChI=1S/C18H18F2N2O4/c1-25-14-8-7-13(11-15(14)26-18(19)20)17(24)22-10-9-21-16(23)12-5-3-2-4-6-12/h2-8,11,18H,9-10H2,1H3,(H,21,23)(H,22,24). The van der Waals surface area contributed by atoms with E-state index in [0.717, 1.165) is 0 Å². The summed E-state index contributed by atoms with van der Waals surface area (Å²) in [4.78, 5) is 23.9. The molecule has 2 aromatic carbocycles. The first-order chi connectivity index (χ1) is 12.5. The summed E-state index contributed by atoms with van der Waals surface area (Å²) in [7, 11) is 1.31. The van der Waals surface area contributed by atoms with E-state index in [1.807, 2.05) is 0 Å². The van der Waals surface area contributed by atoms with Crippen molar-refractivity contribution in [1.82, 2.24) is 10.6 Å². The zero-order chi connectivity index (χ0) is 18.9. The monoisotopic (exact) mass is 364 g/mol. The van der Waals surface area contributed by atoms with Crippen LogP contribution in [0.15, 0.2) is 48.5 Å². The molecule has 138 valence electrons. The Morgan fingerprint density at radius 1 is 0.923 bits per heavy atom. The van der Waals surface area contributed by atoms with Gasteiger partial charge in [-0.2, -0.15) is 8.78 Å². The normalized spacial score (nSPS) is 10.3. The SMILES string of the molecule is COc1ccc(C(=O)NCCNC(=O)c2ccccc2)cc1OC(F)F. The van der Waals surface area contributed by atoms with Gasteiger partial charge in [-0.15, -0.1) is 0 Å². The van der Waals surface area contributed by atoms with Crippen LogP contribution in [0.25, 0.3) is 0 Å². The van der Waals surface area contributed by atoms with E-state index >= 15 is 0 Å². The van der Waals surface area contributed by atoms with Gasteiger partial charge in [-0.3, -0.25) is 9.59 Å². The first kappa shape index (κ1) is 19.2. The van der Waals surface area contributed by atoms with E-state index < -0.39 is 12.5 Å². The summed E-state index contributed by atoms with van der Waals surface area (Å²) in [6.07, 6.45) is 0. The van der Waals surface area contributed by atoms with Crippen molar-refractivity contribution < 1.29 is 27.8 Å². The van der Waals surface area contributed by atoms with Crippen LogP contribution in [0, 0.1) is 0 Å². The minimum absolute atomic E-state index is 0.0944. The Hall–Kier alpha value is -3.16. The van der Waals surface area contributed by atoms with Crippen LogP contribution in [0.5, 0.6) is 11.5 Å². The van der Waals surface area contributed by atoms with Crippen molar-refractivity contribution in [3.63, 3.8) is 0 Å². The van der Waals surface area contributed by atoms with Gasteiger partial charge in [-0.25, -0.2) is 0 Å². The highest BCUT2D eigenvalue weighted by Gasteiger charge is 2.14. The number of carbonyl (C=O) groups excluding carboxylic acids is 2. The van der Waals surface area contributed by atoms with Crippen LogP contribution in [-0.2, 0) is 0 Å². The van der Waals surface area contributed by atoms with Gasteiger partial charge in [-0.05, 0) is 30.3 Å². The number of benzene rings is 2. The predicted molar refractivity (Wildman–Crippen MR) is 90.7 cm³/mol. The van der Waals surface area contributed by atoms with Crippen molar-refractivity contribution in [2.24, 2.45) is 0 Å². The van der Waals surface area contributed by atoms with Gasteiger partial charge >= 0.3 is 6.61 Å². The van der Waals surface area contributed by atoms with E-state index in [4.69, 9.17) is 4.74 Å². The highest BCUT2D eigenvalue weighted by Crippen LogP contribution is 2.29. The first-order valence-electron chi connectivity index (χ1n) is 7.75. The molecule has 0 aliphatic carbocycles. The molecule has 0 fully saturated rings. The summed E-state index contributed by atoms with van der Waals surface area (Å²) >= 11 is 0. The molecule has 0 atom stereocenters. The van der Waals surface area contributed by atoms with Crippen LogP contribution in [0.3, 0.4) is 0 Å². The molecule has 0 aliphatic rings. The summed E-state index contributed by atoms with van der Waals surface area (Å²) < 4.78 is 34.1. The number of halogens is 2. The summed E-state index contributed by atoms with van der Waals surface area (Å²) in [5, 5.41) is 5.25. The minimum atomic E-state index is -3.03. The lowest BCUT2D eigenvalue weighted by Gasteiger charge is -2.12. The van der Waals surface area contributed by atoms with Gasteiger partial charge in [0.05, 0.1) is 7.11 Å². The lowest BCUT2D eigenvalue weighted by atomic mass is 10.2. The van der Waals surface area contributed by atoms with Crippen LogP contribution in [0.2, 0.25) is 0 Å². The third kappa shape index (κ3) is 5.44. The molecule has 2 amide bonds. The Bertz CT molecular complexity index is 754. The highest BCUT2D eigenvalue weighted by atomic mass is 19.3. The van der Waals surface area contributed by atoms with Gasteiger partial charge in [0.1, 0.15) is 0 Å². The maximum absolute atomic E-state index is 12.4. The van der Waals surface area contributed by atoms with E-state index in [0.29, 0.717) is 5.56 Å². The van der Waals surface area contributed by atoms with Gasteiger partial charge in [0.25, 0.3) is 11.8 Å². The van der Waals surface area contributed by atoms with Gasteiger partial charge in [0, 0.05) is 24.2 Å². The van der Waals surface area contributed by atoms with Crippen molar-refractivity contribution in [2.75, 3.05) is 20.2 Å². The molecule has 2 rings (SSSR count). The van der Waals surface area contributed by atoms with E-state index in [1.165, 1.54) is 25.3 Å². The fraction of sp³-hybridized carbons (Fsp3) is 0.222. The molecule has 26 heavy (non-hydrogen) atoms. The zero-order valence-electron chi connectivity index (χ0n) is 14.0. The molecule has 0 saturated heterocycles. The molecular formula is C18H18F2N2O4. The molecule has 0 heterocycles. The first-order valence-corrected chi connectivity index (χ1v) is 7.75. The quantitative estimate of drug-likeness (QED) is 0.706. The predicted octanol–water partition coefficient (Wildman–Crippen LogP) is 2.46. The van der Waals surface area contributed by atoms with E-state index in [-0.39, 0.29) is 36.1 Å². The second-order valence-electron chi connectivity index (χ2n) is 5.12. The number of methoxy groups -OCH3 is 1. The molecule has 2 N–H and O–H groups in total. The Morgan fingerprint density at radius 3 is 2.12 bits per heavy atom. The summed E-state index contributed by atoms with van der Waals surface area (Å²) in [6.45, 7) is -2.64. The van der Waals surface area contributed by atoms with Crippen molar-refractivity contribution in [3.8, 4) is 11.5 Å². The van der Waals surface area contributed by atoms with Crippen LogP contribution in [-0.4, -0.2) is 38.6 Å². The largest absolute Gasteiger partial charge is 0.493 e. The number of hydrogen-bond donors (Lipinski definition) is 2. The Balaban J connectivity index is 1.86. The maximum Gasteiger partial charge on any atom is 0.387 e. The Morgan fingerprint density at radius 2 is 1.54 bits per heavy atom. The van der Waals surface area contributed by atoms with Gasteiger partial charge < -0.3 is 20.1 Å². The molecular weight excluding hydrogens is 346 g/mol. The number of ether oxygens (including phenoxy) is 2. The van der Waals surface area contributed by atoms with E-state index in [9.17, 15) is 18.4 Å². The zero-order valence-corrected chi connectivity index (χ0v) is 14.0. The van der Waals surface area contributed by atoms with Crippen molar-refractivity contribution in [2.45, 2.75) is 6.61 Å². The van der Waals surface area contributed by atoms with Crippen molar-refractivity contribution in [1.29, 1.82) is 0 Å². The second kappa shape index (κ2) is 9.36. The van der Waals surface area contributed by atoms with Crippen LogP contribution in [0.4, 0.5) is 8.78 Å². The van der Waals surface area contributed by atoms with Crippen LogP contribution >= 0.6 is 0 Å². The third-order valence-corrected chi connectivity index (χ3v) is 3.37. The number of hydrogen-bond acceptors (Lipinski definition) is 4. The molecule has 0 spiro atoms. The summed E-state index contributed by atoms with van der Waals surface area (Å²) in [5.41, 5.74) is 0.651. The van der Waals surface area contributed by atoms with E-state index in [2.05, 4.69) is 15.4 Å². The highest BCUT2D eigenvalue weighted by molar-refractivity contribution is 5.95. The molecule has 0 unspecified atom stereocenters. The average molecular weight is 364 g/mol. The number of alkyl halides is 2. The molecule has 0 aliphatic heterocycles. The number of amides is 2.